The van der Waals surface area contributed by atoms with E-state index in [9.17, 15) is 27.2 Å². The van der Waals surface area contributed by atoms with E-state index in [1.807, 2.05) is 0 Å². The van der Waals surface area contributed by atoms with Crippen molar-refractivity contribution in [2.45, 2.75) is 31.5 Å². The van der Waals surface area contributed by atoms with Gasteiger partial charge in [0.1, 0.15) is 18.2 Å². The number of amides is 1. The Bertz CT molecular complexity index is 843. The minimum Gasteiger partial charge on any atom is -0.330 e. The molecule has 0 saturated heterocycles. The summed E-state index contributed by atoms with van der Waals surface area (Å²) >= 11 is 0. The van der Waals surface area contributed by atoms with Crippen molar-refractivity contribution in [3.05, 3.63) is 40.2 Å². The molecule has 0 unspecified atom stereocenters. The fourth-order valence-electron chi connectivity index (χ4n) is 2.49. The predicted octanol–water partition coefficient (Wildman–Crippen LogP) is 2.16. The molecule has 128 valence electrons. The van der Waals surface area contributed by atoms with Crippen LogP contribution in [0.25, 0.3) is 10.9 Å². The van der Waals surface area contributed by atoms with Gasteiger partial charge in [-0.05, 0) is 25.0 Å². The lowest BCUT2D eigenvalue weighted by atomic mass is 10.2. The summed E-state index contributed by atoms with van der Waals surface area (Å²) in [5, 5.41) is 0.141. The van der Waals surface area contributed by atoms with Crippen molar-refractivity contribution >= 4 is 16.8 Å². The standard InChI is InChI=1S/C15H13F4N3O2/c16-8-1-4-10-11(5-8)20-12(21-14(10)24)6-13(23)22(9-2-3-9)7-15(17,18)19/h1,4-5,9H,2-3,6-7H2,(H,20,21,24). The Morgan fingerprint density at radius 1 is 1.33 bits per heavy atom. The highest BCUT2D eigenvalue weighted by molar-refractivity contribution is 5.81. The van der Waals surface area contributed by atoms with Gasteiger partial charge in [-0.15, -0.1) is 0 Å². The SMILES string of the molecule is O=C(Cc1nc2cc(F)ccc2c(=O)[nH]1)N(CC(F)(F)F)C1CC1. The first-order chi connectivity index (χ1) is 11.2. The molecule has 1 heterocycles. The summed E-state index contributed by atoms with van der Waals surface area (Å²) < 4.78 is 51.0. The Morgan fingerprint density at radius 2 is 2.04 bits per heavy atom. The molecule has 1 aliphatic carbocycles. The van der Waals surface area contributed by atoms with Gasteiger partial charge in [0.15, 0.2) is 0 Å². The molecule has 0 spiro atoms. The van der Waals surface area contributed by atoms with Gasteiger partial charge in [0, 0.05) is 12.1 Å². The van der Waals surface area contributed by atoms with Gasteiger partial charge in [0.05, 0.1) is 17.3 Å². The first-order valence-corrected chi connectivity index (χ1v) is 7.27. The number of aromatic nitrogens is 2. The van der Waals surface area contributed by atoms with E-state index in [1.165, 1.54) is 6.07 Å². The molecule has 1 aliphatic rings. The van der Waals surface area contributed by atoms with E-state index in [2.05, 4.69) is 9.97 Å². The Balaban J connectivity index is 1.85. The van der Waals surface area contributed by atoms with Crippen LogP contribution < -0.4 is 5.56 Å². The quantitative estimate of drug-likeness (QED) is 0.865. The van der Waals surface area contributed by atoms with E-state index in [0.29, 0.717) is 12.8 Å². The monoisotopic (exact) mass is 343 g/mol. The van der Waals surface area contributed by atoms with Crippen molar-refractivity contribution in [1.82, 2.24) is 14.9 Å². The summed E-state index contributed by atoms with van der Waals surface area (Å²) in [5.41, 5.74) is -0.521. The molecule has 1 amide bonds. The van der Waals surface area contributed by atoms with Crippen molar-refractivity contribution in [3.8, 4) is 0 Å². The summed E-state index contributed by atoms with van der Waals surface area (Å²) in [7, 11) is 0. The maximum absolute atomic E-state index is 13.2. The van der Waals surface area contributed by atoms with E-state index < -0.39 is 42.5 Å². The second-order valence-corrected chi connectivity index (χ2v) is 5.72. The summed E-state index contributed by atoms with van der Waals surface area (Å²) in [6.07, 6.45) is -3.93. The molecular weight excluding hydrogens is 330 g/mol. The van der Waals surface area contributed by atoms with E-state index >= 15 is 0 Å². The number of fused-ring (bicyclic) bond motifs is 1. The topological polar surface area (TPSA) is 66.1 Å². The first-order valence-electron chi connectivity index (χ1n) is 7.27. The molecule has 24 heavy (non-hydrogen) atoms. The maximum atomic E-state index is 13.2. The maximum Gasteiger partial charge on any atom is 0.406 e. The molecule has 9 heteroatoms. The van der Waals surface area contributed by atoms with Gasteiger partial charge >= 0.3 is 6.18 Å². The van der Waals surface area contributed by atoms with Gasteiger partial charge < -0.3 is 9.88 Å². The number of aromatic amines is 1. The van der Waals surface area contributed by atoms with E-state index in [1.54, 1.807) is 0 Å². The van der Waals surface area contributed by atoms with Crippen LogP contribution in [0.4, 0.5) is 17.6 Å². The Morgan fingerprint density at radius 3 is 2.67 bits per heavy atom. The molecule has 2 aromatic rings. The summed E-state index contributed by atoms with van der Waals surface area (Å²) in [5.74, 6) is -1.46. The molecule has 1 saturated carbocycles. The third-order valence-electron chi connectivity index (χ3n) is 3.69. The van der Waals surface area contributed by atoms with Crippen LogP contribution in [0.3, 0.4) is 0 Å². The lowest BCUT2D eigenvalue weighted by molar-refractivity contribution is -0.162. The number of hydrogen-bond donors (Lipinski definition) is 1. The molecule has 0 bridgehead atoms. The zero-order valence-corrected chi connectivity index (χ0v) is 12.4. The average molecular weight is 343 g/mol. The molecule has 1 N–H and O–H groups in total. The molecule has 0 aliphatic heterocycles. The fraction of sp³-hybridized carbons (Fsp3) is 0.400. The second kappa shape index (κ2) is 5.88. The normalized spacial score (nSPS) is 14.8. The third-order valence-corrected chi connectivity index (χ3v) is 3.69. The third kappa shape index (κ3) is 3.72. The van der Waals surface area contributed by atoms with Gasteiger partial charge in [-0.2, -0.15) is 13.2 Å². The van der Waals surface area contributed by atoms with Crippen molar-refractivity contribution < 1.29 is 22.4 Å². The zero-order chi connectivity index (χ0) is 17.5. The summed E-state index contributed by atoms with van der Waals surface area (Å²) in [4.78, 5) is 31.2. The molecular formula is C15H13F4N3O2. The number of rotatable bonds is 4. The Hall–Kier alpha value is -2.45. The van der Waals surface area contributed by atoms with Gasteiger partial charge in [-0.25, -0.2) is 9.37 Å². The van der Waals surface area contributed by atoms with Crippen LogP contribution in [0.2, 0.25) is 0 Å². The minimum atomic E-state index is -4.49. The number of nitrogens with zero attached hydrogens (tertiary/aromatic N) is 2. The number of halogens is 4. The number of carbonyl (C=O) groups is 1. The molecule has 3 rings (SSSR count). The molecule has 0 radical (unpaired) electrons. The first kappa shape index (κ1) is 16.4. The highest BCUT2D eigenvalue weighted by atomic mass is 19.4. The Labute approximate surface area is 133 Å². The van der Waals surface area contributed by atoms with Gasteiger partial charge in [0.2, 0.25) is 5.91 Å². The predicted molar refractivity (Wildman–Crippen MR) is 76.8 cm³/mol. The van der Waals surface area contributed by atoms with Crippen molar-refractivity contribution in [2.24, 2.45) is 0 Å². The number of benzene rings is 1. The van der Waals surface area contributed by atoms with Crippen LogP contribution in [0.15, 0.2) is 23.0 Å². The zero-order valence-electron chi connectivity index (χ0n) is 12.4. The van der Waals surface area contributed by atoms with Crippen LogP contribution >= 0.6 is 0 Å². The highest BCUT2D eigenvalue weighted by Gasteiger charge is 2.40. The van der Waals surface area contributed by atoms with Crippen molar-refractivity contribution in [2.75, 3.05) is 6.54 Å². The van der Waals surface area contributed by atoms with Gasteiger partial charge in [-0.3, -0.25) is 9.59 Å². The number of alkyl halides is 3. The highest BCUT2D eigenvalue weighted by Crippen LogP contribution is 2.30. The second-order valence-electron chi connectivity index (χ2n) is 5.72. The smallest absolute Gasteiger partial charge is 0.330 e. The lowest BCUT2D eigenvalue weighted by Gasteiger charge is -2.23. The van der Waals surface area contributed by atoms with E-state index in [-0.39, 0.29) is 16.7 Å². The van der Waals surface area contributed by atoms with Crippen LogP contribution in [0.1, 0.15) is 18.7 Å². The number of hydrogen-bond acceptors (Lipinski definition) is 3. The fourth-order valence-corrected chi connectivity index (χ4v) is 2.49. The van der Waals surface area contributed by atoms with Crippen molar-refractivity contribution in [1.29, 1.82) is 0 Å². The minimum absolute atomic E-state index is 0.0512. The number of nitrogens with one attached hydrogen (secondary N) is 1. The van der Waals surface area contributed by atoms with Crippen LogP contribution in [-0.4, -0.2) is 39.5 Å². The molecule has 1 aromatic heterocycles. The summed E-state index contributed by atoms with van der Waals surface area (Å²) in [6, 6.07) is 2.96. The summed E-state index contributed by atoms with van der Waals surface area (Å²) in [6.45, 7) is -1.33. The van der Waals surface area contributed by atoms with Gasteiger partial charge in [-0.1, -0.05) is 0 Å². The van der Waals surface area contributed by atoms with E-state index in [0.717, 1.165) is 17.0 Å². The van der Waals surface area contributed by atoms with Crippen molar-refractivity contribution in [3.63, 3.8) is 0 Å². The molecule has 5 nitrogen and oxygen atoms in total. The lowest BCUT2D eigenvalue weighted by Crippen LogP contribution is -2.41. The van der Waals surface area contributed by atoms with Crippen LogP contribution in [-0.2, 0) is 11.2 Å². The van der Waals surface area contributed by atoms with Gasteiger partial charge in [0.25, 0.3) is 5.56 Å². The largest absolute Gasteiger partial charge is 0.406 e. The molecule has 0 atom stereocenters. The van der Waals surface area contributed by atoms with Crippen LogP contribution in [0, 0.1) is 5.82 Å². The Kier molecular flexibility index (Phi) is 4.02. The van der Waals surface area contributed by atoms with E-state index in [4.69, 9.17) is 0 Å². The average Bonchev–Trinajstić information content (AvgIpc) is 3.27. The number of carbonyl (C=O) groups excluding carboxylic acids is 1. The number of H-pyrrole nitrogens is 1. The van der Waals surface area contributed by atoms with Crippen LogP contribution in [0.5, 0.6) is 0 Å². The molecule has 1 fully saturated rings. The molecule has 1 aromatic carbocycles.